The van der Waals surface area contributed by atoms with Crippen molar-refractivity contribution in [2.24, 2.45) is 0 Å². The smallest absolute Gasteiger partial charge is 0.220 e. The first-order valence-electron chi connectivity index (χ1n) is 7.03. The number of carbonyl (C=O) groups is 1. The maximum Gasteiger partial charge on any atom is 0.220 e. The SMILES string of the molecule is CCCN1CCC(NCC2CCC(=O)N2)CC1. The summed E-state index contributed by atoms with van der Waals surface area (Å²) < 4.78 is 0. The van der Waals surface area contributed by atoms with Gasteiger partial charge in [0.2, 0.25) is 5.91 Å². The molecule has 0 aromatic rings. The molecule has 2 rings (SSSR count). The van der Waals surface area contributed by atoms with E-state index in [9.17, 15) is 4.79 Å². The van der Waals surface area contributed by atoms with E-state index in [0.29, 0.717) is 18.5 Å². The Kier molecular flexibility index (Phi) is 4.80. The molecule has 1 unspecified atom stereocenters. The van der Waals surface area contributed by atoms with Crippen molar-refractivity contribution >= 4 is 5.91 Å². The molecule has 4 nitrogen and oxygen atoms in total. The van der Waals surface area contributed by atoms with Crippen molar-refractivity contribution in [3.05, 3.63) is 0 Å². The molecule has 0 radical (unpaired) electrons. The van der Waals surface area contributed by atoms with Crippen molar-refractivity contribution in [1.29, 1.82) is 0 Å². The van der Waals surface area contributed by atoms with Crippen LogP contribution in [-0.4, -0.2) is 49.1 Å². The van der Waals surface area contributed by atoms with Crippen LogP contribution in [0.5, 0.6) is 0 Å². The highest BCUT2D eigenvalue weighted by Gasteiger charge is 2.23. The molecule has 0 spiro atoms. The number of carbonyl (C=O) groups excluding carboxylic acids is 1. The Hall–Kier alpha value is -0.610. The zero-order chi connectivity index (χ0) is 12.1. The lowest BCUT2D eigenvalue weighted by atomic mass is 10.0. The minimum absolute atomic E-state index is 0.217. The van der Waals surface area contributed by atoms with Crippen LogP contribution in [0.4, 0.5) is 0 Å². The van der Waals surface area contributed by atoms with Gasteiger partial charge in [-0.25, -0.2) is 0 Å². The largest absolute Gasteiger partial charge is 0.352 e. The normalized spacial score (nSPS) is 27.4. The minimum Gasteiger partial charge on any atom is -0.352 e. The molecule has 2 aliphatic rings. The van der Waals surface area contributed by atoms with Crippen molar-refractivity contribution in [2.75, 3.05) is 26.2 Å². The molecule has 17 heavy (non-hydrogen) atoms. The molecule has 0 aliphatic carbocycles. The zero-order valence-electron chi connectivity index (χ0n) is 10.9. The lowest BCUT2D eigenvalue weighted by Crippen LogP contribution is -2.46. The zero-order valence-corrected chi connectivity index (χ0v) is 10.9. The number of hydrogen-bond acceptors (Lipinski definition) is 3. The van der Waals surface area contributed by atoms with Crippen molar-refractivity contribution in [3.8, 4) is 0 Å². The van der Waals surface area contributed by atoms with E-state index in [4.69, 9.17) is 0 Å². The van der Waals surface area contributed by atoms with Gasteiger partial charge in [0.05, 0.1) is 0 Å². The Morgan fingerprint density at radius 2 is 2.12 bits per heavy atom. The fraction of sp³-hybridized carbons (Fsp3) is 0.923. The van der Waals surface area contributed by atoms with Crippen LogP contribution in [0.2, 0.25) is 0 Å². The number of nitrogens with one attached hydrogen (secondary N) is 2. The summed E-state index contributed by atoms with van der Waals surface area (Å²) in [5, 5.41) is 6.62. The molecule has 2 aliphatic heterocycles. The molecule has 0 saturated carbocycles. The monoisotopic (exact) mass is 239 g/mol. The third kappa shape index (κ3) is 3.96. The first-order valence-corrected chi connectivity index (χ1v) is 7.03. The molecule has 2 fully saturated rings. The van der Waals surface area contributed by atoms with Crippen molar-refractivity contribution < 1.29 is 4.79 Å². The van der Waals surface area contributed by atoms with Gasteiger partial charge in [-0.15, -0.1) is 0 Å². The second-order valence-electron chi connectivity index (χ2n) is 5.33. The summed E-state index contributed by atoms with van der Waals surface area (Å²) in [6.07, 6.45) is 5.47. The average molecular weight is 239 g/mol. The van der Waals surface area contributed by atoms with Crippen molar-refractivity contribution in [2.45, 2.75) is 51.1 Å². The van der Waals surface area contributed by atoms with E-state index in [2.05, 4.69) is 22.5 Å². The quantitative estimate of drug-likeness (QED) is 0.743. The number of amides is 1. The van der Waals surface area contributed by atoms with Gasteiger partial charge < -0.3 is 15.5 Å². The maximum atomic E-state index is 11.1. The predicted octanol–water partition coefficient (Wildman–Crippen LogP) is 0.729. The molecular formula is C13H25N3O. The van der Waals surface area contributed by atoms with E-state index in [-0.39, 0.29) is 5.91 Å². The molecule has 4 heteroatoms. The average Bonchev–Trinajstić information content (AvgIpc) is 2.75. The third-order valence-electron chi connectivity index (χ3n) is 3.87. The van der Waals surface area contributed by atoms with Crippen LogP contribution < -0.4 is 10.6 Å². The molecule has 98 valence electrons. The molecule has 2 saturated heterocycles. The Bertz CT molecular complexity index is 249. The van der Waals surface area contributed by atoms with Crippen molar-refractivity contribution in [1.82, 2.24) is 15.5 Å². The summed E-state index contributed by atoms with van der Waals surface area (Å²) in [5.41, 5.74) is 0. The van der Waals surface area contributed by atoms with Gasteiger partial charge >= 0.3 is 0 Å². The summed E-state index contributed by atoms with van der Waals surface area (Å²) in [5.74, 6) is 0.217. The number of hydrogen-bond donors (Lipinski definition) is 2. The van der Waals surface area contributed by atoms with Crippen LogP contribution in [0.25, 0.3) is 0 Å². The van der Waals surface area contributed by atoms with Gasteiger partial charge in [-0.3, -0.25) is 4.79 Å². The van der Waals surface area contributed by atoms with E-state index in [1.165, 1.54) is 38.9 Å². The van der Waals surface area contributed by atoms with Crippen LogP contribution >= 0.6 is 0 Å². The van der Waals surface area contributed by atoms with Gasteiger partial charge in [0.15, 0.2) is 0 Å². The lowest BCUT2D eigenvalue weighted by Gasteiger charge is -2.32. The van der Waals surface area contributed by atoms with Gasteiger partial charge in [0.25, 0.3) is 0 Å². The summed E-state index contributed by atoms with van der Waals surface area (Å²) in [4.78, 5) is 13.6. The fourth-order valence-corrected chi connectivity index (χ4v) is 2.82. The molecule has 2 N–H and O–H groups in total. The molecule has 0 bridgehead atoms. The van der Waals surface area contributed by atoms with E-state index in [1.807, 2.05) is 0 Å². The van der Waals surface area contributed by atoms with Crippen LogP contribution in [0.3, 0.4) is 0 Å². The van der Waals surface area contributed by atoms with Gasteiger partial charge in [0.1, 0.15) is 0 Å². The Morgan fingerprint density at radius 1 is 1.35 bits per heavy atom. The van der Waals surface area contributed by atoms with Gasteiger partial charge in [-0.1, -0.05) is 6.92 Å². The first kappa shape index (κ1) is 12.8. The molecule has 1 atom stereocenters. The van der Waals surface area contributed by atoms with E-state index in [1.54, 1.807) is 0 Å². The van der Waals surface area contributed by atoms with E-state index in [0.717, 1.165) is 13.0 Å². The lowest BCUT2D eigenvalue weighted by molar-refractivity contribution is -0.119. The molecule has 2 heterocycles. The number of likely N-dealkylation sites (tertiary alicyclic amines) is 1. The Morgan fingerprint density at radius 3 is 2.71 bits per heavy atom. The Labute approximate surface area is 104 Å². The third-order valence-corrected chi connectivity index (χ3v) is 3.87. The standard InChI is InChI=1S/C13H25N3O/c1-2-7-16-8-5-11(6-9-16)14-10-12-3-4-13(17)15-12/h11-12,14H,2-10H2,1H3,(H,15,17). The maximum absolute atomic E-state index is 11.1. The van der Waals surface area contributed by atoms with E-state index >= 15 is 0 Å². The number of piperidine rings is 1. The highest BCUT2D eigenvalue weighted by Crippen LogP contribution is 2.11. The van der Waals surface area contributed by atoms with Crippen LogP contribution in [-0.2, 0) is 4.79 Å². The Balaban J connectivity index is 1.60. The highest BCUT2D eigenvalue weighted by molar-refractivity contribution is 5.78. The topological polar surface area (TPSA) is 44.4 Å². The second kappa shape index (κ2) is 6.36. The summed E-state index contributed by atoms with van der Waals surface area (Å²) in [6, 6.07) is 1.02. The predicted molar refractivity (Wildman–Crippen MR) is 68.9 cm³/mol. The fourth-order valence-electron chi connectivity index (χ4n) is 2.82. The molecule has 0 aromatic carbocycles. The first-order chi connectivity index (χ1) is 8.28. The van der Waals surface area contributed by atoms with Gasteiger partial charge in [0, 0.05) is 25.0 Å². The number of nitrogens with zero attached hydrogens (tertiary/aromatic N) is 1. The molecular weight excluding hydrogens is 214 g/mol. The minimum atomic E-state index is 0.217. The van der Waals surface area contributed by atoms with E-state index < -0.39 is 0 Å². The molecule has 0 aromatic heterocycles. The summed E-state index contributed by atoms with van der Waals surface area (Å²) >= 11 is 0. The second-order valence-corrected chi connectivity index (χ2v) is 5.33. The number of rotatable bonds is 5. The van der Waals surface area contributed by atoms with Gasteiger partial charge in [-0.05, 0) is 45.3 Å². The summed E-state index contributed by atoms with van der Waals surface area (Å²) in [6.45, 7) is 6.88. The van der Waals surface area contributed by atoms with Crippen LogP contribution in [0.1, 0.15) is 39.0 Å². The summed E-state index contributed by atoms with van der Waals surface area (Å²) in [7, 11) is 0. The van der Waals surface area contributed by atoms with Crippen molar-refractivity contribution in [3.63, 3.8) is 0 Å². The van der Waals surface area contributed by atoms with Crippen LogP contribution in [0, 0.1) is 0 Å². The molecule has 1 amide bonds. The van der Waals surface area contributed by atoms with Crippen LogP contribution in [0.15, 0.2) is 0 Å². The highest BCUT2D eigenvalue weighted by atomic mass is 16.1. The van der Waals surface area contributed by atoms with Gasteiger partial charge in [-0.2, -0.15) is 0 Å².